The third kappa shape index (κ3) is 2.20. The molecule has 0 atom stereocenters. The summed E-state index contributed by atoms with van der Waals surface area (Å²) in [5.74, 6) is 0. The second kappa shape index (κ2) is 3.53. The zero-order valence-corrected chi connectivity index (χ0v) is 7.89. The lowest BCUT2D eigenvalue weighted by Gasteiger charge is -2.11. The van der Waals surface area contributed by atoms with Crippen LogP contribution in [0.4, 0.5) is 4.79 Å². The van der Waals surface area contributed by atoms with Crippen molar-refractivity contribution in [3.63, 3.8) is 0 Å². The minimum Gasteiger partial charge on any atom is -0.351 e. The van der Waals surface area contributed by atoms with Crippen LogP contribution in [-0.4, -0.2) is 23.0 Å². The summed E-state index contributed by atoms with van der Waals surface area (Å²) in [5, 5.41) is 1.00. The Morgan fingerprint density at radius 1 is 1.83 bits per heavy atom. The van der Waals surface area contributed by atoms with E-state index in [1.165, 1.54) is 4.90 Å². The quantitative estimate of drug-likeness (QED) is 0.746. The average Bonchev–Trinajstić information content (AvgIpc) is 2.35. The minimum atomic E-state index is -0.416. The molecule has 0 aliphatic rings. The van der Waals surface area contributed by atoms with Crippen LogP contribution in [0.15, 0.2) is 6.20 Å². The number of hydrogen-bond donors (Lipinski definition) is 1. The number of nitrogens with two attached hydrogens (primary N) is 1. The van der Waals surface area contributed by atoms with Gasteiger partial charge in [-0.2, -0.15) is 0 Å². The summed E-state index contributed by atoms with van der Waals surface area (Å²) >= 11 is 1.57. The molecule has 0 aliphatic heterocycles. The highest BCUT2D eigenvalue weighted by molar-refractivity contribution is 7.11. The van der Waals surface area contributed by atoms with Crippen LogP contribution >= 0.6 is 11.3 Å². The minimum absolute atomic E-state index is 0.416. The van der Waals surface area contributed by atoms with Crippen molar-refractivity contribution in [1.29, 1.82) is 0 Å². The molecule has 2 amide bonds. The molecule has 0 radical (unpaired) electrons. The van der Waals surface area contributed by atoms with E-state index >= 15 is 0 Å². The molecule has 0 fully saturated rings. The number of carbonyl (C=O) groups is 1. The summed E-state index contributed by atoms with van der Waals surface area (Å²) in [5.41, 5.74) is 5.06. The first-order valence-electron chi connectivity index (χ1n) is 3.51. The van der Waals surface area contributed by atoms with Crippen LogP contribution in [-0.2, 0) is 6.54 Å². The molecule has 0 unspecified atom stereocenters. The summed E-state index contributed by atoms with van der Waals surface area (Å²) in [6.45, 7) is 2.47. The van der Waals surface area contributed by atoms with E-state index in [1.807, 2.05) is 6.92 Å². The van der Waals surface area contributed by atoms with E-state index in [1.54, 1.807) is 24.6 Å². The van der Waals surface area contributed by atoms with Crippen molar-refractivity contribution >= 4 is 17.4 Å². The molecule has 66 valence electrons. The van der Waals surface area contributed by atoms with Gasteiger partial charge < -0.3 is 10.6 Å². The third-order valence-electron chi connectivity index (χ3n) is 1.44. The summed E-state index contributed by atoms with van der Waals surface area (Å²) in [4.78, 5) is 17.2. The Bertz CT molecular complexity index is 284. The fourth-order valence-corrected chi connectivity index (χ4v) is 1.64. The van der Waals surface area contributed by atoms with Gasteiger partial charge in [-0.1, -0.05) is 0 Å². The Morgan fingerprint density at radius 3 is 2.92 bits per heavy atom. The maximum absolute atomic E-state index is 10.6. The van der Waals surface area contributed by atoms with Crippen molar-refractivity contribution in [3.8, 4) is 0 Å². The van der Waals surface area contributed by atoms with E-state index in [0.717, 1.165) is 9.88 Å². The van der Waals surface area contributed by atoms with Gasteiger partial charge in [0.2, 0.25) is 0 Å². The molecule has 0 aromatic carbocycles. The number of aromatic nitrogens is 1. The lowest BCUT2D eigenvalue weighted by molar-refractivity contribution is 0.217. The molecule has 1 heterocycles. The molecule has 5 heteroatoms. The maximum atomic E-state index is 10.6. The summed E-state index contributed by atoms with van der Waals surface area (Å²) in [6, 6.07) is -0.416. The highest BCUT2D eigenvalue weighted by Crippen LogP contribution is 2.12. The Labute approximate surface area is 75.0 Å². The number of urea groups is 1. The zero-order chi connectivity index (χ0) is 9.14. The smallest absolute Gasteiger partial charge is 0.314 e. The predicted octanol–water partition coefficient (Wildman–Crippen LogP) is 0.962. The van der Waals surface area contributed by atoms with Gasteiger partial charge in [0.05, 0.1) is 11.6 Å². The Kier molecular flexibility index (Phi) is 2.65. The molecule has 0 aliphatic carbocycles. The SMILES string of the molecule is Cc1ncc(CN(C)C(N)=O)s1. The van der Waals surface area contributed by atoms with Crippen molar-refractivity contribution in [1.82, 2.24) is 9.88 Å². The van der Waals surface area contributed by atoms with Crippen molar-refractivity contribution in [2.75, 3.05) is 7.05 Å². The predicted molar refractivity (Wildman–Crippen MR) is 47.9 cm³/mol. The number of rotatable bonds is 2. The first-order chi connectivity index (χ1) is 5.59. The van der Waals surface area contributed by atoms with Gasteiger partial charge in [-0.25, -0.2) is 9.78 Å². The van der Waals surface area contributed by atoms with Crippen LogP contribution in [0.1, 0.15) is 9.88 Å². The van der Waals surface area contributed by atoms with Crippen LogP contribution in [0.2, 0.25) is 0 Å². The van der Waals surface area contributed by atoms with Gasteiger partial charge in [0.1, 0.15) is 0 Å². The maximum Gasteiger partial charge on any atom is 0.314 e. The van der Waals surface area contributed by atoms with Crippen molar-refractivity contribution in [3.05, 3.63) is 16.1 Å². The topological polar surface area (TPSA) is 59.2 Å². The van der Waals surface area contributed by atoms with Crippen LogP contribution in [0.5, 0.6) is 0 Å². The molecule has 4 nitrogen and oxygen atoms in total. The van der Waals surface area contributed by atoms with Gasteiger partial charge in [-0.15, -0.1) is 11.3 Å². The fourth-order valence-electron chi connectivity index (χ4n) is 0.790. The van der Waals surface area contributed by atoms with Gasteiger partial charge in [0, 0.05) is 18.1 Å². The van der Waals surface area contributed by atoms with Crippen LogP contribution in [0.3, 0.4) is 0 Å². The molecular formula is C7H11N3OS. The monoisotopic (exact) mass is 185 g/mol. The van der Waals surface area contributed by atoms with Gasteiger partial charge >= 0.3 is 6.03 Å². The molecule has 2 N–H and O–H groups in total. The number of aryl methyl sites for hydroxylation is 1. The number of carbonyl (C=O) groups excluding carboxylic acids is 1. The molecule has 1 aromatic rings. The standard InChI is InChI=1S/C7H11N3OS/c1-5-9-3-6(12-5)4-10(2)7(8)11/h3H,4H2,1-2H3,(H2,8,11). The normalized spacial score (nSPS) is 9.83. The van der Waals surface area contributed by atoms with Crippen molar-refractivity contribution in [2.45, 2.75) is 13.5 Å². The summed E-state index contributed by atoms with van der Waals surface area (Å²) in [6.07, 6.45) is 1.76. The van der Waals surface area contributed by atoms with Gasteiger partial charge in [-0.3, -0.25) is 0 Å². The third-order valence-corrected chi connectivity index (χ3v) is 2.34. The van der Waals surface area contributed by atoms with E-state index in [-0.39, 0.29) is 0 Å². The largest absolute Gasteiger partial charge is 0.351 e. The van der Waals surface area contributed by atoms with Gasteiger partial charge in [0.15, 0.2) is 0 Å². The Morgan fingerprint density at radius 2 is 2.50 bits per heavy atom. The van der Waals surface area contributed by atoms with E-state index in [4.69, 9.17) is 5.73 Å². The number of thiazole rings is 1. The Balaban J connectivity index is 2.58. The van der Waals surface area contributed by atoms with Gasteiger partial charge in [0.25, 0.3) is 0 Å². The van der Waals surface area contributed by atoms with Crippen molar-refractivity contribution in [2.24, 2.45) is 5.73 Å². The number of amides is 2. The van der Waals surface area contributed by atoms with Gasteiger partial charge in [-0.05, 0) is 6.92 Å². The highest BCUT2D eigenvalue weighted by atomic mass is 32.1. The molecule has 1 rings (SSSR count). The fraction of sp³-hybridized carbons (Fsp3) is 0.429. The van der Waals surface area contributed by atoms with Crippen LogP contribution in [0.25, 0.3) is 0 Å². The molecule has 12 heavy (non-hydrogen) atoms. The Hall–Kier alpha value is -1.10. The number of nitrogens with zero attached hydrogens (tertiary/aromatic N) is 2. The molecule has 0 saturated carbocycles. The second-order valence-electron chi connectivity index (χ2n) is 2.54. The second-order valence-corrected chi connectivity index (χ2v) is 3.86. The van der Waals surface area contributed by atoms with Crippen molar-refractivity contribution < 1.29 is 4.79 Å². The first kappa shape index (κ1) is 8.99. The molecule has 0 bridgehead atoms. The summed E-state index contributed by atoms with van der Waals surface area (Å²) < 4.78 is 0. The molecule has 0 spiro atoms. The van der Waals surface area contributed by atoms with E-state index in [2.05, 4.69) is 4.98 Å². The highest BCUT2D eigenvalue weighted by Gasteiger charge is 2.05. The molecule has 0 saturated heterocycles. The van der Waals surface area contributed by atoms with Crippen LogP contribution < -0.4 is 5.73 Å². The lowest BCUT2D eigenvalue weighted by atomic mass is 10.5. The lowest BCUT2D eigenvalue weighted by Crippen LogP contribution is -2.31. The molecular weight excluding hydrogens is 174 g/mol. The average molecular weight is 185 g/mol. The first-order valence-corrected chi connectivity index (χ1v) is 4.33. The van der Waals surface area contributed by atoms with E-state index in [9.17, 15) is 4.79 Å². The number of hydrogen-bond acceptors (Lipinski definition) is 3. The van der Waals surface area contributed by atoms with E-state index < -0.39 is 6.03 Å². The molecule has 1 aromatic heterocycles. The van der Waals surface area contributed by atoms with E-state index in [0.29, 0.717) is 6.54 Å². The van der Waals surface area contributed by atoms with Crippen LogP contribution in [0, 0.1) is 6.92 Å². The zero-order valence-electron chi connectivity index (χ0n) is 7.07. The number of primary amides is 1. The summed E-state index contributed by atoms with van der Waals surface area (Å²) in [7, 11) is 1.66.